The van der Waals surface area contributed by atoms with Gasteiger partial charge < -0.3 is 0 Å². The van der Waals surface area contributed by atoms with Crippen LogP contribution < -0.4 is 0 Å². The molecule has 3 aromatic heterocycles. The fourth-order valence-corrected chi connectivity index (χ4v) is 6.70. The third kappa shape index (κ3) is 5.75. The molecule has 0 amide bonds. The van der Waals surface area contributed by atoms with Crippen molar-refractivity contribution in [1.82, 2.24) is 15.0 Å². The topological polar surface area (TPSA) is 38.7 Å². The minimum atomic E-state index is -0.588. The Bertz CT molecular complexity index is 1540. The molecule has 0 unspecified atom stereocenters. The molecular weight excluding hydrogens is 569 g/mol. The molecule has 218 valence electrons. The molecular formula is C35H42Cl3N3. The third-order valence-corrected chi connectivity index (χ3v) is 9.95. The first-order valence-corrected chi connectivity index (χ1v) is 15.5. The molecule has 41 heavy (non-hydrogen) atoms. The number of rotatable bonds is 1. The van der Waals surface area contributed by atoms with E-state index < -0.39 is 10.8 Å². The lowest BCUT2D eigenvalue weighted by molar-refractivity contribution is 0.501. The van der Waals surface area contributed by atoms with Crippen molar-refractivity contribution in [3.63, 3.8) is 0 Å². The number of allylic oxidation sites excluding steroid dienone is 4. The lowest BCUT2D eigenvalue weighted by Gasteiger charge is -2.33. The molecule has 4 heterocycles. The summed E-state index contributed by atoms with van der Waals surface area (Å²) >= 11 is 20.5. The number of nitrogens with zero attached hydrogens (tertiary/aromatic N) is 3. The van der Waals surface area contributed by atoms with Crippen LogP contribution >= 0.6 is 34.8 Å². The molecule has 0 fully saturated rings. The van der Waals surface area contributed by atoms with Crippen LogP contribution in [0.2, 0.25) is 15.1 Å². The van der Waals surface area contributed by atoms with Crippen LogP contribution in [-0.2, 0) is 21.7 Å². The van der Waals surface area contributed by atoms with E-state index in [0.717, 1.165) is 47.0 Å². The van der Waals surface area contributed by atoms with E-state index in [4.69, 9.17) is 49.8 Å². The van der Waals surface area contributed by atoms with Gasteiger partial charge in [0.05, 0.1) is 60.1 Å². The maximum absolute atomic E-state index is 6.86. The second-order valence-electron chi connectivity index (χ2n) is 13.4. The van der Waals surface area contributed by atoms with Crippen LogP contribution in [0.1, 0.15) is 116 Å². The number of halogens is 3. The van der Waals surface area contributed by atoms with Crippen molar-refractivity contribution in [2.24, 2.45) is 0 Å². The maximum atomic E-state index is 6.86. The van der Waals surface area contributed by atoms with E-state index in [1.54, 1.807) is 0 Å². The van der Waals surface area contributed by atoms with Gasteiger partial charge in [-0.1, -0.05) is 87.1 Å². The van der Waals surface area contributed by atoms with Crippen molar-refractivity contribution < 1.29 is 0 Å². The molecule has 0 aliphatic carbocycles. The lowest BCUT2D eigenvalue weighted by Crippen LogP contribution is -2.30. The summed E-state index contributed by atoms with van der Waals surface area (Å²) in [6.07, 6.45) is 6.22. The highest BCUT2D eigenvalue weighted by Gasteiger charge is 2.36. The molecule has 3 nitrogen and oxygen atoms in total. The number of hydrogen-bond acceptors (Lipinski definition) is 3. The Kier molecular flexibility index (Phi) is 8.62. The zero-order valence-corrected chi connectivity index (χ0v) is 28.3. The zero-order valence-electron chi connectivity index (χ0n) is 26.0. The molecule has 6 bridgehead atoms. The molecule has 1 aliphatic heterocycles. The van der Waals surface area contributed by atoms with E-state index in [-0.39, 0.29) is 10.8 Å². The molecule has 6 heteroatoms. The Hall–Kier alpha value is -2.20. The zero-order chi connectivity index (χ0) is 30.5. The molecule has 0 N–H and O–H groups in total. The molecule has 0 spiro atoms. The van der Waals surface area contributed by atoms with Gasteiger partial charge in [0.25, 0.3) is 0 Å². The minimum Gasteiger partial charge on any atom is -0.255 e. The molecule has 0 saturated heterocycles. The van der Waals surface area contributed by atoms with Crippen LogP contribution in [0, 0.1) is 0 Å². The van der Waals surface area contributed by atoms with Crippen molar-refractivity contribution in [3.05, 3.63) is 109 Å². The molecule has 3 aromatic rings. The van der Waals surface area contributed by atoms with Gasteiger partial charge in [0.1, 0.15) is 0 Å². The van der Waals surface area contributed by atoms with Crippen LogP contribution in [-0.4, -0.2) is 15.0 Å². The smallest absolute Gasteiger partial charge is 0.0709 e. The molecule has 0 atom stereocenters. The summed E-state index contributed by atoms with van der Waals surface area (Å²) in [5.74, 6) is 0. The predicted molar refractivity (Wildman–Crippen MR) is 175 cm³/mol. The van der Waals surface area contributed by atoms with E-state index in [1.165, 1.54) is 11.1 Å². The fraction of sp³-hybridized carbons (Fsp3) is 0.457. The van der Waals surface area contributed by atoms with Crippen LogP contribution in [0.3, 0.4) is 0 Å². The van der Waals surface area contributed by atoms with Gasteiger partial charge in [0.15, 0.2) is 0 Å². The molecule has 4 rings (SSSR count). The first-order valence-electron chi connectivity index (χ1n) is 14.3. The monoisotopic (exact) mass is 609 g/mol. The Morgan fingerprint density at radius 2 is 1.00 bits per heavy atom. The predicted octanol–water partition coefficient (Wildman–Crippen LogP) is 10.7. The summed E-state index contributed by atoms with van der Waals surface area (Å²) in [5, 5.41) is 1.87. The number of pyridine rings is 3. The normalized spacial score (nSPS) is 22.0. The average molecular weight is 611 g/mol. The first kappa shape index (κ1) is 31.7. The number of fused-ring (bicyclic) bond motifs is 6. The maximum Gasteiger partial charge on any atom is 0.0709 e. The number of hydrogen-bond donors (Lipinski definition) is 0. The van der Waals surface area contributed by atoms with Gasteiger partial charge >= 0.3 is 0 Å². The van der Waals surface area contributed by atoms with Crippen LogP contribution in [0.25, 0.3) is 0 Å². The van der Waals surface area contributed by atoms with E-state index in [1.807, 2.05) is 36.4 Å². The van der Waals surface area contributed by atoms with E-state index in [0.29, 0.717) is 15.1 Å². The Labute approximate surface area is 261 Å². The van der Waals surface area contributed by atoms with E-state index in [9.17, 15) is 0 Å². The SMILES string of the molecule is CCC1=C(/C)C(C)(C)c2ccc(Cl)c(n2)C(C)(C)c2ccc(Cl)c(n2)C(C)(C)c2ccc(Cl)c(n2)C(C)(C)C/C=C\1. The average Bonchev–Trinajstić information content (AvgIpc) is 2.90. The van der Waals surface area contributed by atoms with Crippen LogP contribution in [0.5, 0.6) is 0 Å². The van der Waals surface area contributed by atoms with Crippen molar-refractivity contribution in [1.29, 1.82) is 0 Å². The highest BCUT2D eigenvalue weighted by Crippen LogP contribution is 2.42. The van der Waals surface area contributed by atoms with E-state index in [2.05, 4.69) is 81.4 Å². The highest BCUT2D eigenvalue weighted by molar-refractivity contribution is 6.32. The minimum absolute atomic E-state index is 0.291. The van der Waals surface area contributed by atoms with Gasteiger partial charge in [-0.25, -0.2) is 0 Å². The summed E-state index contributed by atoms with van der Waals surface area (Å²) in [7, 11) is 0. The summed E-state index contributed by atoms with van der Waals surface area (Å²) < 4.78 is 0. The van der Waals surface area contributed by atoms with Crippen LogP contribution in [0.4, 0.5) is 0 Å². The molecule has 0 radical (unpaired) electrons. The first-order chi connectivity index (χ1) is 18.9. The van der Waals surface area contributed by atoms with Crippen LogP contribution in [0.15, 0.2) is 59.7 Å². The van der Waals surface area contributed by atoms with Gasteiger partial charge in [-0.3, -0.25) is 15.0 Å². The molecule has 0 saturated carbocycles. The lowest BCUT2D eigenvalue weighted by atomic mass is 9.77. The second kappa shape index (κ2) is 11.1. The largest absolute Gasteiger partial charge is 0.255 e. The molecule has 1 aliphatic rings. The summed E-state index contributed by atoms with van der Waals surface area (Å²) in [6.45, 7) is 21.7. The molecule has 0 aromatic carbocycles. The Morgan fingerprint density at radius 3 is 1.44 bits per heavy atom. The fourth-order valence-electron chi connectivity index (χ4n) is 5.66. The second-order valence-corrected chi connectivity index (χ2v) is 14.7. The van der Waals surface area contributed by atoms with Gasteiger partial charge in [-0.05, 0) is 89.4 Å². The van der Waals surface area contributed by atoms with Crippen molar-refractivity contribution in [3.8, 4) is 0 Å². The Morgan fingerprint density at radius 1 is 0.610 bits per heavy atom. The van der Waals surface area contributed by atoms with Crippen molar-refractivity contribution in [2.75, 3.05) is 0 Å². The summed E-state index contributed by atoms with van der Waals surface area (Å²) in [5.41, 5.74) is 5.89. The van der Waals surface area contributed by atoms with Crippen molar-refractivity contribution >= 4 is 34.8 Å². The number of aromatic nitrogens is 3. The third-order valence-electron chi connectivity index (χ3n) is 9.03. The Balaban J connectivity index is 2.07. The van der Waals surface area contributed by atoms with E-state index >= 15 is 0 Å². The van der Waals surface area contributed by atoms with Crippen molar-refractivity contribution in [2.45, 2.75) is 104 Å². The highest BCUT2D eigenvalue weighted by atomic mass is 35.5. The van der Waals surface area contributed by atoms with Gasteiger partial charge in [0.2, 0.25) is 0 Å². The van der Waals surface area contributed by atoms with Gasteiger partial charge in [-0.15, -0.1) is 0 Å². The van der Waals surface area contributed by atoms with Gasteiger partial charge in [0, 0.05) is 10.8 Å². The quantitative estimate of drug-likeness (QED) is 0.275. The standard InChI is InChI=1S/C35H42Cl3N3/c1-11-22-13-12-20-32(3,4)29-23(36)14-18-27(39-29)34(7,8)31-25(38)16-19-28(41-31)35(9,10)30-24(37)15-17-26(40-30)33(5,6)21(22)2/h12-19H,11,20H2,1-10H3/b13-12-,22-21+. The summed E-state index contributed by atoms with van der Waals surface area (Å²) in [6, 6.07) is 11.9. The van der Waals surface area contributed by atoms with Gasteiger partial charge in [-0.2, -0.15) is 0 Å². The summed E-state index contributed by atoms with van der Waals surface area (Å²) in [4.78, 5) is 15.6.